The Morgan fingerprint density at radius 1 is 1.11 bits per heavy atom. The van der Waals surface area contributed by atoms with Gasteiger partial charge in [0, 0.05) is 22.7 Å². The Labute approximate surface area is 211 Å². The number of benzene rings is 3. The predicted octanol–water partition coefficient (Wildman–Crippen LogP) is 6.90. The van der Waals surface area contributed by atoms with Gasteiger partial charge in [-0.1, -0.05) is 29.8 Å². The molecule has 184 valence electrons. The molecule has 1 saturated heterocycles. The molecule has 36 heavy (non-hydrogen) atoms. The fourth-order valence-electron chi connectivity index (χ4n) is 3.32. The average Bonchev–Trinajstić information content (AvgIpc) is 3.11. The first-order valence-electron chi connectivity index (χ1n) is 10.2. The summed E-state index contributed by atoms with van der Waals surface area (Å²) in [7, 11) is 0. The zero-order valence-corrected chi connectivity index (χ0v) is 19.7. The molecule has 1 aliphatic heterocycles. The second-order valence-corrected chi connectivity index (χ2v) is 8.97. The molecule has 12 heteroatoms. The number of nitro groups is 1. The Morgan fingerprint density at radius 2 is 1.83 bits per heavy atom. The lowest BCUT2D eigenvalue weighted by atomic mass is 10.1. The van der Waals surface area contributed by atoms with E-state index in [0.29, 0.717) is 5.02 Å². The number of thioether (sulfide) groups is 1. The fourth-order valence-corrected chi connectivity index (χ4v) is 4.30. The van der Waals surface area contributed by atoms with Crippen LogP contribution in [0.3, 0.4) is 0 Å². The lowest BCUT2D eigenvalue weighted by molar-refractivity contribution is -0.384. The SMILES string of the molecule is N=C1S/C(=C\c2cc([N+](=O)[O-])ccc2OCc2ccc(Cl)cc2)C(=O)N1c1cccc(C(F)(F)F)c1. The van der Waals surface area contributed by atoms with E-state index in [1.807, 2.05) is 0 Å². The van der Waals surface area contributed by atoms with Crippen molar-refractivity contribution in [3.63, 3.8) is 0 Å². The van der Waals surface area contributed by atoms with Gasteiger partial charge in [-0.2, -0.15) is 13.2 Å². The minimum absolute atomic E-state index is 0.00532. The number of rotatable bonds is 6. The van der Waals surface area contributed by atoms with E-state index < -0.39 is 22.6 Å². The number of halogens is 4. The quantitative estimate of drug-likeness (QED) is 0.211. The molecule has 7 nitrogen and oxygen atoms in total. The zero-order valence-electron chi connectivity index (χ0n) is 18.1. The van der Waals surface area contributed by atoms with E-state index >= 15 is 0 Å². The molecule has 1 fully saturated rings. The second-order valence-electron chi connectivity index (χ2n) is 7.50. The fraction of sp³-hybridized carbons (Fsp3) is 0.0833. The molecule has 0 saturated carbocycles. The van der Waals surface area contributed by atoms with E-state index in [2.05, 4.69) is 0 Å². The third kappa shape index (κ3) is 5.52. The van der Waals surface area contributed by atoms with Crippen LogP contribution in [0.2, 0.25) is 5.02 Å². The number of amides is 1. The number of hydrogen-bond donors (Lipinski definition) is 1. The number of non-ortho nitro benzene ring substituents is 1. The summed E-state index contributed by atoms with van der Waals surface area (Å²) >= 11 is 6.61. The number of nitro benzene ring substituents is 1. The van der Waals surface area contributed by atoms with E-state index in [0.717, 1.165) is 40.4 Å². The van der Waals surface area contributed by atoms with Crippen LogP contribution in [0, 0.1) is 15.5 Å². The molecule has 1 aliphatic rings. The highest BCUT2D eigenvalue weighted by Gasteiger charge is 2.36. The number of alkyl halides is 3. The third-order valence-electron chi connectivity index (χ3n) is 5.05. The number of amidine groups is 1. The van der Waals surface area contributed by atoms with Crippen molar-refractivity contribution in [1.82, 2.24) is 0 Å². The Hall–Kier alpha value is -3.83. The smallest absolute Gasteiger partial charge is 0.416 e. The Kier molecular flexibility index (Phi) is 7.04. The number of ether oxygens (including phenoxy) is 1. The maximum Gasteiger partial charge on any atom is 0.416 e. The molecular formula is C24H15ClF3N3O4S. The van der Waals surface area contributed by atoms with Crippen molar-refractivity contribution in [3.8, 4) is 5.75 Å². The van der Waals surface area contributed by atoms with E-state index in [1.165, 1.54) is 30.3 Å². The molecular weight excluding hydrogens is 519 g/mol. The number of carbonyl (C=O) groups excluding carboxylic acids is 1. The molecule has 0 aliphatic carbocycles. The number of anilines is 1. The van der Waals surface area contributed by atoms with Gasteiger partial charge < -0.3 is 4.74 Å². The van der Waals surface area contributed by atoms with Gasteiger partial charge in [-0.3, -0.25) is 25.2 Å². The summed E-state index contributed by atoms with van der Waals surface area (Å²) in [5, 5.41) is 19.7. The second kappa shape index (κ2) is 10.0. The molecule has 0 spiro atoms. The molecule has 0 aromatic heterocycles. The maximum atomic E-state index is 13.1. The van der Waals surface area contributed by atoms with Gasteiger partial charge in [0.1, 0.15) is 12.4 Å². The van der Waals surface area contributed by atoms with Gasteiger partial charge in [0.05, 0.1) is 21.1 Å². The summed E-state index contributed by atoms with van der Waals surface area (Å²) in [6.45, 7) is 0.110. The van der Waals surface area contributed by atoms with Gasteiger partial charge in [0.2, 0.25) is 0 Å². The van der Waals surface area contributed by atoms with Gasteiger partial charge in [0.25, 0.3) is 11.6 Å². The normalized spacial score (nSPS) is 15.0. The van der Waals surface area contributed by atoms with E-state index in [4.69, 9.17) is 21.7 Å². The van der Waals surface area contributed by atoms with Crippen molar-refractivity contribution in [2.75, 3.05) is 4.90 Å². The number of carbonyl (C=O) groups is 1. The van der Waals surface area contributed by atoms with Gasteiger partial charge in [0.15, 0.2) is 5.17 Å². The Morgan fingerprint density at radius 3 is 2.50 bits per heavy atom. The number of nitrogens with zero attached hydrogens (tertiary/aromatic N) is 2. The molecule has 0 radical (unpaired) electrons. The summed E-state index contributed by atoms with van der Waals surface area (Å²) in [6, 6.07) is 14.8. The zero-order chi connectivity index (χ0) is 26.0. The largest absolute Gasteiger partial charge is 0.488 e. The van der Waals surface area contributed by atoms with Crippen molar-refractivity contribution in [2.24, 2.45) is 0 Å². The summed E-state index contributed by atoms with van der Waals surface area (Å²) in [6.07, 6.45) is -3.30. The van der Waals surface area contributed by atoms with Crippen LogP contribution in [-0.4, -0.2) is 16.0 Å². The Bertz CT molecular complexity index is 1390. The molecule has 0 atom stereocenters. The van der Waals surface area contributed by atoms with Gasteiger partial charge in [-0.05, 0) is 59.8 Å². The van der Waals surface area contributed by atoms with Crippen LogP contribution in [0.15, 0.2) is 71.6 Å². The Balaban J connectivity index is 1.66. The topological polar surface area (TPSA) is 96.5 Å². The summed E-state index contributed by atoms with van der Waals surface area (Å²) in [5.74, 6) is -0.500. The van der Waals surface area contributed by atoms with Crippen molar-refractivity contribution in [1.29, 1.82) is 5.41 Å². The molecule has 1 heterocycles. The molecule has 3 aromatic rings. The van der Waals surface area contributed by atoms with Crippen LogP contribution in [0.4, 0.5) is 24.5 Å². The highest BCUT2D eigenvalue weighted by Crippen LogP contribution is 2.39. The van der Waals surface area contributed by atoms with Crippen LogP contribution in [0.25, 0.3) is 6.08 Å². The average molecular weight is 534 g/mol. The number of nitrogens with one attached hydrogen (secondary N) is 1. The maximum absolute atomic E-state index is 13.1. The molecule has 4 rings (SSSR count). The van der Waals surface area contributed by atoms with Crippen molar-refractivity contribution < 1.29 is 27.6 Å². The summed E-state index contributed by atoms with van der Waals surface area (Å²) in [4.78, 5) is 24.6. The summed E-state index contributed by atoms with van der Waals surface area (Å²) in [5.41, 5.74) is -0.345. The van der Waals surface area contributed by atoms with Crippen molar-refractivity contribution in [2.45, 2.75) is 12.8 Å². The van der Waals surface area contributed by atoms with Gasteiger partial charge in [-0.15, -0.1) is 0 Å². The van der Waals surface area contributed by atoms with E-state index in [-0.39, 0.29) is 39.4 Å². The lowest BCUT2D eigenvalue weighted by Gasteiger charge is -2.16. The van der Waals surface area contributed by atoms with E-state index in [9.17, 15) is 28.1 Å². The minimum Gasteiger partial charge on any atom is -0.488 e. The highest BCUT2D eigenvalue weighted by atomic mass is 35.5. The molecule has 1 amide bonds. The van der Waals surface area contributed by atoms with Crippen LogP contribution in [-0.2, 0) is 17.6 Å². The highest BCUT2D eigenvalue weighted by molar-refractivity contribution is 8.19. The monoisotopic (exact) mass is 533 g/mol. The van der Waals surface area contributed by atoms with Crippen LogP contribution >= 0.6 is 23.4 Å². The lowest BCUT2D eigenvalue weighted by Crippen LogP contribution is -2.28. The van der Waals surface area contributed by atoms with Crippen molar-refractivity contribution >= 4 is 51.9 Å². The first-order chi connectivity index (χ1) is 17.0. The van der Waals surface area contributed by atoms with Crippen LogP contribution in [0.5, 0.6) is 5.75 Å². The standard InChI is InChI=1S/C24H15ClF3N3O4S/c25-17-6-4-14(5-7-17)13-35-20-9-8-19(31(33)34)10-15(20)11-21-22(32)30(23(29)36-21)18-3-1-2-16(12-18)24(26,27)28/h1-12,29H,13H2/b21-11-,29-23?. The van der Waals surface area contributed by atoms with Crippen LogP contribution < -0.4 is 9.64 Å². The first kappa shape index (κ1) is 25.3. The first-order valence-corrected chi connectivity index (χ1v) is 11.4. The predicted molar refractivity (Wildman–Crippen MR) is 131 cm³/mol. The molecule has 0 unspecified atom stereocenters. The summed E-state index contributed by atoms with van der Waals surface area (Å²) < 4.78 is 45.2. The van der Waals surface area contributed by atoms with Crippen LogP contribution in [0.1, 0.15) is 16.7 Å². The molecule has 1 N–H and O–H groups in total. The number of hydrogen-bond acceptors (Lipinski definition) is 6. The molecule has 0 bridgehead atoms. The van der Waals surface area contributed by atoms with Crippen molar-refractivity contribution in [3.05, 3.63) is 103 Å². The molecule has 3 aromatic carbocycles. The van der Waals surface area contributed by atoms with Gasteiger partial charge >= 0.3 is 6.18 Å². The van der Waals surface area contributed by atoms with E-state index in [1.54, 1.807) is 24.3 Å². The van der Waals surface area contributed by atoms with Gasteiger partial charge in [-0.25, -0.2) is 0 Å². The minimum atomic E-state index is -4.62. The third-order valence-corrected chi connectivity index (χ3v) is 6.19.